The Balaban J connectivity index is 1.90. The molecule has 1 aromatic carbocycles. The third-order valence-corrected chi connectivity index (χ3v) is 4.69. The van der Waals surface area contributed by atoms with Crippen molar-refractivity contribution >= 4 is 0 Å². The summed E-state index contributed by atoms with van der Waals surface area (Å²) in [6, 6.07) is 7.62. The minimum Gasteiger partial charge on any atom is -0.394 e. The van der Waals surface area contributed by atoms with Crippen LogP contribution < -0.4 is 0 Å². The lowest BCUT2D eigenvalue weighted by Gasteiger charge is -2.42. The normalized spacial score (nSPS) is 34.7. The summed E-state index contributed by atoms with van der Waals surface area (Å²) in [6.45, 7) is -0.435. The van der Waals surface area contributed by atoms with Gasteiger partial charge in [-0.2, -0.15) is 0 Å². The molecule has 0 saturated carbocycles. The first-order chi connectivity index (χ1) is 12.1. The van der Waals surface area contributed by atoms with E-state index in [0.717, 1.165) is 17.5 Å². The van der Waals surface area contributed by atoms with Gasteiger partial charge in [-0.3, -0.25) is 0 Å². The van der Waals surface area contributed by atoms with Crippen LogP contribution in [0.2, 0.25) is 0 Å². The first-order valence-corrected chi connectivity index (χ1v) is 8.51. The van der Waals surface area contributed by atoms with Crippen LogP contribution in [-0.2, 0) is 4.74 Å². The Morgan fingerprint density at radius 2 is 1.72 bits per heavy atom. The van der Waals surface area contributed by atoms with Crippen LogP contribution in [0.25, 0.3) is 0 Å². The number of fused-ring (bicyclic) bond motifs is 1. The molecule has 4 N–H and O–H groups in total. The highest BCUT2D eigenvalue weighted by Crippen LogP contribution is 2.28. The smallest absolute Gasteiger partial charge is 0.111 e. The number of aliphatic hydroxyl groups is 4. The molecule has 1 aromatic rings. The molecule has 1 unspecified atom stereocenters. The molecule has 5 heteroatoms. The molecular formula is C20H22O5. The fourth-order valence-electron chi connectivity index (χ4n) is 3.22. The number of aliphatic hydroxyl groups excluding tert-OH is 4. The van der Waals surface area contributed by atoms with Crippen molar-refractivity contribution in [2.45, 2.75) is 49.8 Å². The van der Waals surface area contributed by atoms with Crippen LogP contribution in [0.3, 0.4) is 0 Å². The van der Waals surface area contributed by atoms with Crippen molar-refractivity contribution in [2.75, 3.05) is 6.61 Å². The van der Waals surface area contributed by atoms with E-state index in [4.69, 9.17) is 4.74 Å². The third kappa shape index (κ3) is 3.88. The topological polar surface area (TPSA) is 90.2 Å². The van der Waals surface area contributed by atoms with E-state index in [1.165, 1.54) is 0 Å². The second-order valence-corrected chi connectivity index (χ2v) is 6.41. The molecule has 0 aromatic heterocycles. The number of benzene rings is 1. The minimum atomic E-state index is -1.37. The molecule has 0 spiro atoms. The van der Waals surface area contributed by atoms with E-state index >= 15 is 0 Å². The van der Waals surface area contributed by atoms with Crippen molar-refractivity contribution in [2.24, 2.45) is 5.92 Å². The first-order valence-electron chi connectivity index (χ1n) is 8.51. The maximum atomic E-state index is 10.3. The van der Waals surface area contributed by atoms with Gasteiger partial charge in [-0.05, 0) is 25.0 Å². The van der Waals surface area contributed by atoms with Gasteiger partial charge in [0.05, 0.1) is 6.61 Å². The zero-order chi connectivity index (χ0) is 17.8. The van der Waals surface area contributed by atoms with Crippen molar-refractivity contribution in [1.29, 1.82) is 0 Å². The molecule has 0 bridgehead atoms. The molecule has 2 aliphatic rings. The summed E-state index contributed by atoms with van der Waals surface area (Å²) in [7, 11) is 0. The molecule has 0 amide bonds. The molecule has 1 heterocycles. The fourth-order valence-corrected chi connectivity index (χ4v) is 3.22. The van der Waals surface area contributed by atoms with E-state index < -0.39 is 37.1 Å². The zero-order valence-electron chi connectivity index (χ0n) is 13.8. The van der Waals surface area contributed by atoms with Crippen LogP contribution >= 0.6 is 0 Å². The molecule has 0 radical (unpaired) electrons. The summed E-state index contributed by atoms with van der Waals surface area (Å²) in [4.78, 5) is 0. The molecular weight excluding hydrogens is 320 g/mol. The lowest BCUT2D eigenvalue weighted by molar-refractivity contribution is -0.237. The quantitative estimate of drug-likeness (QED) is 0.570. The first kappa shape index (κ1) is 17.9. The summed E-state index contributed by atoms with van der Waals surface area (Å²) in [6.07, 6.45) is -3.55. The summed E-state index contributed by atoms with van der Waals surface area (Å²) in [5.41, 5.74) is 1.68. The van der Waals surface area contributed by atoms with Crippen molar-refractivity contribution in [3.63, 3.8) is 0 Å². The van der Waals surface area contributed by atoms with E-state index in [1.807, 2.05) is 24.3 Å². The van der Waals surface area contributed by atoms with Crippen LogP contribution in [0, 0.1) is 29.6 Å². The maximum absolute atomic E-state index is 10.3. The molecule has 1 fully saturated rings. The van der Waals surface area contributed by atoms with Gasteiger partial charge < -0.3 is 25.2 Å². The molecule has 5 nitrogen and oxygen atoms in total. The number of hydrogen-bond donors (Lipinski definition) is 4. The highest BCUT2D eigenvalue weighted by Gasteiger charge is 2.45. The van der Waals surface area contributed by atoms with Crippen molar-refractivity contribution in [1.82, 2.24) is 0 Å². The molecule has 1 aliphatic carbocycles. The Labute approximate surface area is 147 Å². The van der Waals surface area contributed by atoms with E-state index in [0.29, 0.717) is 12.8 Å². The van der Waals surface area contributed by atoms with Crippen molar-refractivity contribution in [3.8, 4) is 23.7 Å². The summed E-state index contributed by atoms with van der Waals surface area (Å²) < 4.78 is 5.68. The Morgan fingerprint density at radius 3 is 2.44 bits per heavy atom. The van der Waals surface area contributed by atoms with Crippen LogP contribution in [0.5, 0.6) is 0 Å². The minimum absolute atomic E-state index is 0.334. The zero-order valence-corrected chi connectivity index (χ0v) is 13.8. The highest BCUT2D eigenvalue weighted by atomic mass is 16.5. The van der Waals surface area contributed by atoms with E-state index in [1.54, 1.807) is 0 Å². The largest absolute Gasteiger partial charge is 0.394 e. The molecule has 3 rings (SSSR count). The second-order valence-electron chi connectivity index (χ2n) is 6.41. The van der Waals surface area contributed by atoms with Crippen LogP contribution in [-0.4, -0.2) is 57.6 Å². The lowest BCUT2D eigenvalue weighted by Crippen LogP contribution is -2.60. The Bertz CT molecular complexity index is 721. The summed E-state index contributed by atoms with van der Waals surface area (Å²) >= 11 is 0. The summed E-state index contributed by atoms with van der Waals surface area (Å²) in [5.74, 6) is 12.2. The summed E-state index contributed by atoms with van der Waals surface area (Å²) in [5, 5.41) is 39.7. The Kier molecular flexibility index (Phi) is 5.75. The Morgan fingerprint density at radius 1 is 1.00 bits per heavy atom. The number of hydrogen-bond acceptors (Lipinski definition) is 5. The van der Waals surface area contributed by atoms with Crippen LogP contribution in [0.15, 0.2) is 24.3 Å². The fraction of sp³-hybridized carbons (Fsp3) is 0.500. The van der Waals surface area contributed by atoms with Crippen LogP contribution in [0.1, 0.15) is 30.4 Å². The van der Waals surface area contributed by atoms with Gasteiger partial charge in [0.2, 0.25) is 0 Å². The molecule has 1 saturated heterocycles. The van der Waals surface area contributed by atoms with Crippen molar-refractivity contribution < 1.29 is 25.2 Å². The average molecular weight is 342 g/mol. The molecule has 25 heavy (non-hydrogen) atoms. The van der Waals surface area contributed by atoms with Gasteiger partial charge in [0.1, 0.15) is 30.5 Å². The lowest BCUT2D eigenvalue weighted by atomic mass is 9.85. The predicted molar refractivity (Wildman–Crippen MR) is 91.3 cm³/mol. The van der Waals surface area contributed by atoms with Gasteiger partial charge in [-0.25, -0.2) is 0 Å². The predicted octanol–water partition coefficient (Wildman–Crippen LogP) is 0.0321. The van der Waals surface area contributed by atoms with Gasteiger partial charge in [0.25, 0.3) is 0 Å². The Hall–Kier alpha value is -1.86. The van der Waals surface area contributed by atoms with Gasteiger partial charge >= 0.3 is 0 Å². The average Bonchev–Trinajstić information content (AvgIpc) is 2.64. The van der Waals surface area contributed by atoms with E-state index in [-0.39, 0.29) is 5.92 Å². The van der Waals surface area contributed by atoms with Crippen LogP contribution in [0.4, 0.5) is 0 Å². The van der Waals surface area contributed by atoms with Gasteiger partial charge in [-0.15, -0.1) is 0 Å². The third-order valence-electron chi connectivity index (χ3n) is 4.69. The highest BCUT2D eigenvalue weighted by molar-refractivity contribution is 5.50. The standard InChI is InChI=1S/C20H22O5/c21-12-16-17(22)18(23)19(24)20(25-16)15-9-3-1-2-6-13-7-4-5-8-14(13)10-11-15/h4-5,7-8,15-24H,1,3,9,12H2/t15?,16-,17-,18+,19-,20+/m1/s1. The number of rotatable bonds is 2. The van der Waals surface area contributed by atoms with Gasteiger partial charge in [-0.1, -0.05) is 35.8 Å². The second kappa shape index (κ2) is 8.01. The van der Waals surface area contributed by atoms with Gasteiger partial charge in [0.15, 0.2) is 0 Å². The maximum Gasteiger partial charge on any atom is 0.111 e. The monoisotopic (exact) mass is 342 g/mol. The van der Waals surface area contributed by atoms with Crippen molar-refractivity contribution in [3.05, 3.63) is 35.4 Å². The van der Waals surface area contributed by atoms with E-state index in [2.05, 4.69) is 23.7 Å². The number of ether oxygens (including phenoxy) is 1. The molecule has 1 aliphatic heterocycles. The SMILES string of the molecule is OC[C@H]1O[C@@H](C2C#Cc3ccccc3C#CCCC2)[C@H](O)[C@@H](O)[C@@H]1O. The molecule has 132 valence electrons. The van der Waals surface area contributed by atoms with E-state index in [9.17, 15) is 20.4 Å². The van der Waals surface area contributed by atoms with Gasteiger partial charge in [0, 0.05) is 23.5 Å². The molecule has 6 atom stereocenters.